The number of hydrogen-bond donors (Lipinski definition) is 0. The molecular formula is C18H21ClN2. The molecule has 1 atom stereocenters. The number of anilines is 1. The Morgan fingerprint density at radius 2 is 1.62 bits per heavy atom. The van der Waals surface area contributed by atoms with Gasteiger partial charge in [0.25, 0.3) is 0 Å². The number of piperazine rings is 1. The van der Waals surface area contributed by atoms with E-state index >= 15 is 0 Å². The van der Waals surface area contributed by atoms with Gasteiger partial charge >= 0.3 is 0 Å². The second-order valence-corrected chi connectivity index (χ2v) is 6.03. The maximum atomic E-state index is 6.09. The summed E-state index contributed by atoms with van der Waals surface area (Å²) in [7, 11) is 0. The molecule has 0 N–H and O–H groups in total. The molecular weight excluding hydrogens is 280 g/mol. The van der Waals surface area contributed by atoms with Gasteiger partial charge in [0.1, 0.15) is 0 Å². The summed E-state index contributed by atoms with van der Waals surface area (Å²) in [5.41, 5.74) is 2.63. The van der Waals surface area contributed by atoms with Gasteiger partial charge in [0.15, 0.2) is 0 Å². The second kappa shape index (κ2) is 6.50. The van der Waals surface area contributed by atoms with Crippen molar-refractivity contribution in [2.75, 3.05) is 31.1 Å². The van der Waals surface area contributed by atoms with Crippen LogP contribution in [0.25, 0.3) is 0 Å². The Labute approximate surface area is 131 Å². The monoisotopic (exact) mass is 300 g/mol. The third-order valence-corrected chi connectivity index (χ3v) is 4.55. The molecule has 0 saturated carbocycles. The number of halogens is 1. The Bertz CT molecular complexity index is 577. The van der Waals surface area contributed by atoms with E-state index in [0.717, 1.165) is 31.2 Å². The van der Waals surface area contributed by atoms with Crippen LogP contribution >= 0.6 is 11.6 Å². The first-order valence-electron chi connectivity index (χ1n) is 7.53. The lowest BCUT2D eigenvalue weighted by atomic mass is 10.1. The van der Waals surface area contributed by atoms with Crippen molar-refractivity contribution in [1.29, 1.82) is 0 Å². The molecule has 2 aromatic rings. The minimum Gasteiger partial charge on any atom is -0.369 e. The van der Waals surface area contributed by atoms with Crippen LogP contribution in [0, 0.1) is 0 Å². The molecule has 1 aliphatic heterocycles. The lowest BCUT2D eigenvalue weighted by Crippen LogP contribution is -2.47. The number of benzene rings is 2. The normalized spacial score (nSPS) is 17.7. The molecule has 0 spiro atoms. The first kappa shape index (κ1) is 14.4. The highest BCUT2D eigenvalue weighted by molar-refractivity contribution is 6.30. The fourth-order valence-electron chi connectivity index (χ4n) is 2.98. The largest absolute Gasteiger partial charge is 0.369 e. The zero-order chi connectivity index (χ0) is 14.7. The van der Waals surface area contributed by atoms with Crippen LogP contribution in [0.1, 0.15) is 18.5 Å². The summed E-state index contributed by atoms with van der Waals surface area (Å²) >= 11 is 6.09. The van der Waals surface area contributed by atoms with Crippen LogP contribution in [-0.4, -0.2) is 31.1 Å². The molecule has 1 unspecified atom stereocenters. The summed E-state index contributed by atoms with van der Waals surface area (Å²) in [4.78, 5) is 4.97. The van der Waals surface area contributed by atoms with Gasteiger partial charge in [-0.25, -0.2) is 0 Å². The molecule has 2 aromatic carbocycles. The Balaban J connectivity index is 1.63. The van der Waals surface area contributed by atoms with Crippen molar-refractivity contribution in [1.82, 2.24) is 4.90 Å². The van der Waals surface area contributed by atoms with Crippen molar-refractivity contribution < 1.29 is 0 Å². The average Bonchev–Trinajstić information content (AvgIpc) is 2.55. The smallest absolute Gasteiger partial charge is 0.0426 e. The van der Waals surface area contributed by atoms with Crippen LogP contribution in [0.15, 0.2) is 54.6 Å². The molecule has 1 heterocycles. The highest BCUT2D eigenvalue weighted by Crippen LogP contribution is 2.25. The topological polar surface area (TPSA) is 6.48 Å². The zero-order valence-corrected chi connectivity index (χ0v) is 13.1. The maximum absolute atomic E-state index is 6.09. The van der Waals surface area contributed by atoms with Gasteiger partial charge in [-0.05, 0) is 30.7 Å². The van der Waals surface area contributed by atoms with Gasteiger partial charge in [-0.1, -0.05) is 48.0 Å². The molecule has 2 nitrogen and oxygen atoms in total. The molecule has 1 aliphatic rings. The predicted octanol–water partition coefficient (Wildman–Crippen LogP) is 4.22. The fraction of sp³-hybridized carbons (Fsp3) is 0.333. The Kier molecular flexibility index (Phi) is 4.47. The van der Waals surface area contributed by atoms with Gasteiger partial charge in [-0.2, -0.15) is 0 Å². The summed E-state index contributed by atoms with van der Waals surface area (Å²) in [6, 6.07) is 19.4. The molecule has 3 heteroatoms. The third kappa shape index (κ3) is 3.39. The predicted molar refractivity (Wildman–Crippen MR) is 90.1 cm³/mol. The van der Waals surface area contributed by atoms with Crippen molar-refractivity contribution in [3.05, 3.63) is 65.2 Å². The van der Waals surface area contributed by atoms with Crippen molar-refractivity contribution in [3.63, 3.8) is 0 Å². The maximum Gasteiger partial charge on any atom is 0.0426 e. The standard InChI is InChI=1S/C18H21ClN2/c1-15(16-6-3-2-4-7-16)20-10-12-21(13-11-20)18-9-5-8-17(19)14-18/h2-9,14-15H,10-13H2,1H3. The molecule has 3 rings (SSSR count). The molecule has 0 amide bonds. The first-order chi connectivity index (χ1) is 10.2. The second-order valence-electron chi connectivity index (χ2n) is 5.59. The van der Waals surface area contributed by atoms with E-state index in [9.17, 15) is 0 Å². The van der Waals surface area contributed by atoms with Crippen LogP contribution in [0.3, 0.4) is 0 Å². The number of hydrogen-bond acceptors (Lipinski definition) is 2. The molecule has 110 valence electrons. The zero-order valence-electron chi connectivity index (χ0n) is 12.4. The number of rotatable bonds is 3. The lowest BCUT2D eigenvalue weighted by Gasteiger charge is -2.39. The van der Waals surface area contributed by atoms with Crippen LogP contribution < -0.4 is 4.90 Å². The van der Waals surface area contributed by atoms with Crippen molar-refractivity contribution >= 4 is 17.3 Å². The fourth-order valence-corrected chi connectivity index (χ4v) is 3.17. The molecule has 0 aliphatic carbocycles. The Hall–Kier alpha value is -1.51. The van der Waals surface area contributed by atoms with Gasteiger partial charge in [0.05, 0.1) is 0 Å². The molecule has 0 radical (unpaired) electrons. The van der Waals surface area contributed by atoms with Crippen molar-refractivity contribution in [2.45, 2.75) is 13.0 Å². The van der Waals surface area contributed by atoms with E-state index in [-0.39, 0.29) is 0 Å². The average molecular weight is 301 g/mol. The van der Waals surface area contributed by atoms with Gasteiger partial charge in [0.2, 0.25) is 0 Å². The lowest BCUT2D eigenvalue weighted by molar-refractivity contribution is 0.198. The summed E-state index contributed by atoms with van der Waals surface area (Å²) in [6.45, 7) is 6.57. The number of nitrogens with zero attached hydrogens (tertiary/aromatic N) is 2. The summed E-state index contributed by atoms with van der Waals surface area (Å²) in [5, 5.41) is 0.813. The molecule has 0 bridgehead atoms. The van der Waals surface area contributed by atoms with Crippen LogP contribution in [0.5, 0.6) is 0 Å². The van der Waals surface area contributed by atoms with Gasteiger partial charge in [-0.3, -0.25) is 4.90 Å². The van der Waals surface area contributed by atoms with Crippen molar-refractivity contribution in [2.24, 2.45) is 0 Å². The van der Waals surface area contributed by atoms with E-state index < -0.39 is 0 Å². The van der Waals surface area contributed by atoms with Crippen molar-refractivity contribution in [3.8, 4) is 0 Å². The molecule has 1 saturated heterocycles. The van der Waals surface area contributed by atoms with E-state index in [1.165, 1.54) is 11.3 Å². The minimum absolute atomic E-state index is 0.479. The molecule has 0 aromatic heterocycles. The van der Waals surface area contributed by atoms with Crippen LogP contribution in [0.2, 0.25) is 5.02 Å². The van der Waals surface area contributed by atoms with E-state index in [1.54, 1.807) is 0 Å². The SMILES string of the molecule is CC(c1ccccc1)N1CCN(c2cccc(Cl)c2)CC1. The van der Waals surface area contributed by atoms with E-state index in [0.29, 0.717) is 6.04 Å². The minimum atomic E-state index is 0.479. The van der Waals surface area contributed by atoms with E-state index in [4.69, 9.17) is 11.6 Å². The van der Waals surface area contributed by atoms with Crippen LogP contribution in [-0.2, 0) is 0 Å². The molecule has 1 fully saturated rings. The highest BCUT2D eigenvalue weighted by Gasteiger charge is 2.22. The third-order valence-electron chi connectivity index (χ3n) is 4.32. The first-order valence-corrected chi connectivity index (χ1v) is 7.91. The van der Waals surface area contributed by atoms with E-state index in [1.807, 2.05) is 12.1 Å². The Morgan fingerprint density at radius 3 is 2.29 bits per heavy atom. The van der Waals surface area contributed by atoms with Gasteiger partial charge < -0.3 is 4.90 Å². The molecule has 21 heavy (non-hydrogen) atoms. The summed E-state index contributed by atoms with van der Waals surface area (Å²) < 4.78 is 0. The quantitative estimate of drug-likeness (QED) is 0.837. The summed E-state index contributed by atoms with van der Waals surface area (Å²) in [6.07, 6.45) is 0. The Morgan fingerprint density at radius 1 is 0.905 bits per heavy atom. The summed E-state index contributed by atoms with van der Waals surface area (Å²) in [5.74, 6) is 0. The van der Waals surface area contributed by atoms with Crippen LogP contribution in [0.4, 0.5) is 5.69 Å². The van der Waals surface area contributed by atoms with Gasteiger partial charge in [0, 0.05) is 42.9 Å². The highest BCUT2D eigenvalue weighted by atomic mass is 35.5. The van der Waals surface area contributed by atoms with E-state index in [2.05, 4.69) is 59.2 Å². The van der Waals surface area contributed by atoms with Gasteiger partial charge in [-0.15, -0.1) is 0 Å².